The maximum absolute atomic E-state index is 13.4. The van der Waals surface area contributed by atoms with Crippen LogP contribution in [0.1, 0.15) is 26.3 Å². The molecule has 0 bridgehead atoms. The van der Waals surface area contributed by atoms with Crippen LogP contribution in [-0.4, -0.2) is 18.9 Å². The largest absolute Gasteiger partial charge is 0.497 e. The van der Waals surface area contributed by atoms with Gasteiger partial charge in [-0.05, 0) is 54.1 Å². The number of allylic oxidation sites excluding steroid dienone is 1. The average Bonchev–Trinajstić information content (AvgIpc) is 3.32. The summed E-state index contributed by atoms with van der Waals surface area (Å²) in [6.07, 6.45) is 3.28. The molecule has 5 heteroatoms. The zero-order valence-electron chi connectivity index (χ0n) is 19.5. The molecule has 0 aliphatic heterocycles. The molecule has 176 valence electrons. The zero-order valence-corrected chi connectivity index (χ0v) is 19.5. The van der Waals surface area contributed by atoms with Gasteiger partial charge in [0.25, 0.3) is 0 Å². The first-order valence-corrected chi connectivity index (χ1v) is 11.4. The number of hydrogen-bond donors (Lipinski definition) is 0. The molecule has 0 saturated carbocycles. The lowest BCUT2D eigenvalue weighted by Gasteiger charge is -2.06. The number of esters is 1. The Labute approximate surface area is 208 Å². The number of ketones is 1. The van der Waals surface area contributed by atoms with Crippen LogP contribution in [0.2, 0.25) is 0 Å². The monoisotopic (exact) mass is 474 g/mol. The molecule has 0 radical (unpaired) electrons. The Morgan fingerprint density at radius 3 is 2.14 bits per heavy atom. The lowest BCUT2D eigenvalue weighted by atomic mass is 10.1. The van der Waals surface area contributed by atoms with E-state index in [9.17, 15) is 9.59 Å². The molecule has 0 spiro atoms. The van der Waals surface area contributed by atoms with Gasteiger partial charge < -0.3 is 13.9 Å². The van der Waals surface area contributed by atoms with E-state index in [1.165, 1.54) is 6.08 Å². The van der Waals surface area contributed by atoms with Crippen molar-refractivity contribution in [3.8, 4) is 22.8 Å². The second-order valence-electron chi connectivity index (χ2n) is 8.06. The van der Waals surface area contributed by atoms with E-state index in [0.717, 1.165) is 11.1 Å². The molecule has 4 aromatic carbocycles. The van der Waals surface area contributed by atoms with Crippen molar-refractivity contribution in [2.75, 3.05) is 7.11 Å². The number of benzene rings is 4. The van der Waals surface area contributed by atoms with Crippen molar-refractivity contribution in [1.29, 1.82) is 0 Å². The molecule has 0 N–H and O–H groups in total. The third-order valence-electron chi connectivity index (χ3n) is 5.71. The van der Waals surface area contributed by atoms with Crippen molar-refractivity contribution in [2.24, 2.45) is 0 Å². The molecule has 5 nitrogen and oxygen atoms in total. The minimum absolute atomic E-state index is 0.143. The van der Waals surface area contributed by atoms with Crippen LogP contribution in [0, 0.1) is 0 Å². The van der Waals surface area contributed by atoms with E-state index in [-0.39, 0.29) is 5.78 Å². The van der Waals surface area contributed by atoms with E-state index in [0.29, 0.717) is 39.4 Å². The molecule has 1 heterocycles. The second kappa shape index (κ2) is 10.2. The molecular formula is C31H22O5. The molecule has 0 saturated heterocycles. The van der Waals surface area contributed by atoms with Gasteiger partial charge in [-0.3, -0.25) is 4.79 Å². The van der Waals surface area contributed by atoms with Crippen molar-refractivity contribution in [1.82, 2.24) is 0 Å². The molecule has 0 fully saturated rings. The summed E-state index contributed by atoms with van der Waals surface area (Å²) in [5, 5.41) is 0.594. The smallest absolute Gasteiger partial charge is 0.348 e. The minimum Gasteiger partial charge on any atom is -0.497 e. The van der Waals surface area contributed by atoms with Crippen LogP contribution in [0.4, 0.5) is 0 Å². The highest BCUT2D eigenvalue weighted by atomic mass is 16.5. The quantitative estimate of drug-likeness (QED) is 0.108. The van der Waals surface area contributed by atoms with Gasteiger partial charge >= 0.3 is 5.97 Å². The van der Waals surface area contributed by atoms with E-state index < -0.39 is 5.97 Å². The normalized spacial score (nSPS) is 11.0. The standard InChI is InChI=1S/C31H22O5/c1-34-25-17-19-28-26(20-25)29(30(36-28)23-10-6-3-7-11-23)31(33)35-24-15-13-22(14-16-24)27(32)18-12-21-8-4-2-5-9-21/h2-20H,1H3. The highest BCUT2D eigenvalue weighted by molar-refractivity contribution is 6.10. The topological polar surface area (TPSA) is 65.7 Å². The van der Waals surface area contributed by atoms with Gasteiger partial charge in [0.2, 0.25) is 0 Å². The summed E-state index contributed by atoms with van der Waals surface area (Å²) in [4.78, 5) is 25.9. The van der Waals surface area contributed by atoms with Crippen molar-refractivity contribution < 1.29 is 23.5 Å². The Morgan fingerprint density at radius 1 is 0.778 bits per heavy atom. The van der Waals surface area contributed by atoms with E-state index >= 15 is 0 Å². The molecule has 1 aromatic heterocycles. The molecule has 0 amide bonds. The van der Waals surface area contributed by atoms with E-state index in [2.05, 4.69) is 0 Å². The van der Waals surface area contributed by atoms with Crippen LogP contribution in [0.3, 0.4) is 0 Å². The Morgan fingerprint density at radius 2 is 1.44 bits per heavy atom. The molecule has 36 heavy (non-hydrogen) atoms. The zero-order chi connectivity index (χ0) is 24.9. The first kappa shape index (κ1) is 22.9. The maximum atomic E-state index is 13.4. The van der Waals surface area contributed by atoms with E-state index in [4.69, 9.17) is 13.9 Å². The van der Waals surface area contributed by atoms with Gasteiger partial charge in [0, 0.05) is 16.5 Å². The van der Waals surface area contributed by atoms with Crippen LogP contribution in [0.5, 0.6) is 11.5 Å². The number of rotatable bonds is 7. The molecular weight excluding hydrogens is 452 g/mol. The first-order chi connectivity index (χ1) is 17.6. The maximum Gasteiger partial charge on any atom is 0.348 e. The SMILES string of the molecule is COc1ccc2oc(-c3ccccc3)c(C(=O)Oc3ccc(C(=O)C=Cc4ccccc4)cc3)c2c1. The molecule has 5 aromatic rings. The van der Waals surface area contributed by atoms with Crippen LogP contribution in [-0.2, 0) is 0 Å². The van der Waals surface area contributed by atoms with Gasteiger partial charge in [-0.2, -0.15) is 0 Å². The summed E-state index contributed by atoms with van der Waals surface area (Å²) in [6.45, 7) is 0. The summed E-state index contributed by atoms with van der Waals surface area (Å²) < 4.78 is 17.1. The number of ether oxygens (including phenoxy) is 2. The van der Waals surface area contributed by atoms with E-state index in [1.807, 2.05) is 60.7 Å². The number of carbonyl (C=O) groups is 2. The number of fused-ring (bicyclic) bond motifs is 1. The highest BCUT2D eigenvalue weighted by Crippen LogP contribution is 2.36. The Hall–Kier alpha value is -4.90. The van der Waals surface area contributed by atoms with Crippen LogP contribution >= 0.6 is 0 Å². The van der Waals surface area contributed by atoms with Gasteiger partial charge in [0.05, 0.1) is 7.11 Å². The van der Waals surface area contributed by atoms with Crippen molar-refractivity contribution in [3.63, 3.8) is 0 Å². The van der Waals surface area contributed by atoms with Gasteiger partial charge in [-0.1, -0.05) is 66.7 Å². The molecule has 0 aliphatic carbocycles. The van der Waals surface area contributed by atoms with Crippen LogP contribution < -0.4 is 9.47 Å². The van der Waals surface area contributed by atoms with Gasteiger partial charge in [-0.25, -0.2) is 4.79 Å². The molecule has 5 rings (SSSR count). The number of furan rings is 1. The summed E-state index contributed by atoms with van der Waals surface area (Å²) in [5.74, 6) is 0.629. The average molecular weight is 475 g/mol. The van der Waals surface area contributed by atoms with Gasteiger partial charge in [0.15, 0.2) is 5.78 Å². The van der Waals surface area contributed by atoms with Gasteiger partial charge in [0.1, 0.15) is 28.4 Å². The van der Waals surface area contributed by atoms with Crippen molar-refractivity contribution in [3.05, 3.63) is 126 Å². The van der Waals surface area contributed by atoms with Crippen molar-refractivity contribution >= 4 is 28.8 Å². The summed E-state index contributed by atoms with van der Waals surface area (Å²) in [5.41, 5.74) is 3.04. The summed E-state index contributed by atoms with van der Waals surface area (Å²) >= 11 is 0. The second-order valence-corrected chi connectivity index (χ2v) is 8.06. The fourth-order valence-corrected chi connectivity index (χ4v) is 3.88. The lowest BCUT2D eigenvalue weighted by Crippen LogP contribution is -2.09. The third-order valence-corrected chi connectivity index (χ3v) is 5.71. The van der Waals surface area contributed by atoms with Crippen LogP contribution in [0.25, 0.3) is 28.4 Å². The molecule has 0 atom stereocenters. The number of hydrogen-bond acceptors (Lipinski definition) is 5. The fraction of sp³-hybridized carbons (Fsp3) is 0.0323. The third kappa shape index (κ3) is 4.81. The molecule has 0 unspecified atom stereocenters. The highest BCUT2D eigenvalue weighted by Gasteiger charge is 2.24. The minimum atomic E-state index is -0.566. The van der Waals surface area contributed by atoms with Crippen molar-refractivity contribution in [2.45, 2.75) is 0 Å². The number of carbonyl (C=O) groups excluding carboxylic acids is 2. The predicted octanol–water partition coefficient (Wildman–Crippen LogP) is 7.22. The Kier molecular flexibility index (Phi) is 6.45. The van der Waals surface area contributed by atoms with Gasteiger partial charge in [-0.15, -0.1) is 0 Å². The first-order valence-electron chi connectivity index (χ1n) is 11.4. The summed E-state index contributed by atoms with van der Waals surface area (Å²) in [6, 6.07) is 30.7. The van der Waals surface area contributed by atoms with Crippen LogP contribution in [0.15, 0.2) is 114 Å². The lowest BCUT2D eigenvalue weighted by molar-refractivity contribution is 0.0737. The number of methoxy groups -OCH3 is 1. The summed E-state index contributed by atoms with van der Waals surface area (Å²) in [7, 11) is 1.56. The molecule has 0 aliphatic rings. The predicted molar refractivity (Wildman–Crippen MR) is 139 cm³/mol. The van der Waals surface area contributed by atoms with E-state index in [1.54, 1.807) is 55.7 Å². The Bertz CT molecular complexity index is 1550. The fourth-order valence-electron chi connectivity index (χ4n) is 3.88. The Balaban J connectivity index is 1.41.